The number of para-hydroxylation sites is 2. The lowest BCUT2D eigenvalue weighted by molar-refractivity contribution is 1.28. The molecule has 8 aromatic rings. The summed E-state index contributed by atoms with van der Waals surface area (Å²) in [6, 6.07) is 67.5. The van der Waals surface area contributed by atoms with Crippen molar-refractivity contribution in [3.63, 3.8) is 0 Å². The molecule has 212 valence electrons. The predicted octanol–water partition coefficient (Wildman–Crippen LogP) is 12.5. The molecule has 0 radical (unpaired) electrons. The quantitative estimate of drug-likeness (QED) is 0.179. The van der Waals surface area contributed by atoms with Crippen LogP contribution in [-0.2, 0) is 0 Å². The van der Waals surface area contributed by atoms with E-state index in [2.05, 4.69) is 193 Å². The maximum atomic E-state index is 2.31. The van der Waals surface area contributed by atoms with E-state index in [1.165, 1.54) is 54.9 Å². The fourth-order valence-electron chi connectivity index (χ4n) is 6.68. The smallest absolute Gasteiger partial charge is 0.0462 e. The zero-order valence-corrected chi connectivity index (χ0v) is 24.8. The Kier molecular flexibility index (Phi) is 6.90. The number of anilines is 3. The third-order valence-electron chi connectivity index (χ3n) is 8.64. The molecule has 0 aromatic heterocycles. The van der Waals surface area contributed by atoms with Crippen LogP contribution in [0.2, 0.25) is 0 Å². The van der Waals surface area contributed by atoms with Gasteiger partial charge < -0.3 is 4.90 Å². The fraction of sp³-hybridized carbons (Fsp3) is 0. The van der Waals surface area contributed by atoms with E-state index in [0.717, 1.165) is 17.1 Å². The monoisotopic (exact) mass is 573 g/mol. The van der Waals surface area contributed by atoms with Gasteiger partial charge in [-0.25, -0.2) is 0 Å². The minimum Gasteiger partial charge on any atom is -0.311 e. The Labute approximate surface area is 264 Å². The van der Waals surface area contributed by atoms with E-state index >= 15 is 0 Å². The SMILES string of the molecule is c1ccc(-c2c(-c3ccccc3)c3cccc(-c4ccc(N(c5ccccc5)c5ccccc5)cc4)c3c3ccccc23)cc1. The third-order valence-corrected chi connectivity index (χ3v) is 8.64. The normalized spacial score (nSPS) is 11.1. The fourth-order valence-corrected chi connectivity index (χ4v) is 6.68. The van der Waals surface area contributed by atoms with Crippen molar-refractivity contribution in [3.8, 4) is 33.4 Å². The van der Waals surface area contributed by atoms with Crippen molar-refractivity contribution in [2.24, 2.45) is 0 Å². The van der Waals surface area contributed by atoms with Crippen LogP contribution in [0.15, 0.2) is 188 Å². The van der Waals surface area contributed by atoms with Crippen LogP contribution in [0.25, 0.3) is 54.9 Å². The molecule has 0 amide bonds. The summed E-state index contributed by atoms with van der Waals surface area (Å²) < 4.78 is 0. The average molecular weight is 574 g/mol. The van der Waals surface area contributed by atoms with Gasteiger partial charge in [-0.3, -0.25) is 0 Å². The molecule has 0 N–H and O–H groups in total. The summed E-state index contributed by atoms with van der Waals surface area (Å²) in [6.45, 7) is 0. The van der Waals surface area contributed by atoms with Gasteiger partial charge in [-0.2, -0.15) is 0 Å². The van der Waals surface area contributed by atoms with Crippen molar-refractivity contribution in [1.82, 2.24) is 0 Å². The van der Waals surface area contributed by atoms with Gasteiger partial charge in [-0.1, -0.05) is 152 Å². The van der Waals surface area contributed by atoms with Crippen LogP contribution in [0, 0.1) is 0 Å². The van der Waals surface area contributed by atoms with Gasteiger partial charge in [-0.15, -0.1) is 0 Å². The summed E-state index contributed by atoms with van der Waals surface area (Å²) in [5, 5.41) is 5.07. The molecule has 0 atom stereocenters. The van der Waals surface area contributed by atoms with Crippen LogP contribution in [0.5, 0.6) is 0 Å². The molecule has 8 rings (SSSR count). The Bertz CT molecular complexity index is 2180. The highest BCUT2D eigenvalue weighted by Crippen LogP contribution is 2.47. The highest BCUT2D eigenvalue weighted by Gasteiger charge is 2.20. The first-order valence-electron chi connectivity index (χ1n) is 15.5. The Morgan fingerprint density at radius 1 is 0.267 bits per heavy atom. The van der Waals surface area contributed by atoms with Gasteiger partial charge in [0.2, 0.25) is 0 Å². The maximum Gasteiger partial charge on any atom is 0.0462 e. The second-order valence-electron chi connectivity index (χ2n) is 11.3. The molecule has 0 aliphatic heterocycles. The van der Waals surface area contributed by atoms with Crippen LogP contribution < -0.4 is 4.90 Å². The molecule has 1 nitrogen and oxygen atoms in total. The Morgan fingerprint density at radius 3 is 1.24 bits per heavy atom. The molecule has 0 saturated heterocycles. The van der Waals surface area contributed by atoms with Gasteiger partial charge in [0.05, 0.1) is 0 Å². The number of benzene rings is 8. The molecule has 0 saturated carbocycles. The topological polar surface area (TPSA) is 3.24 Å². The molecule has 0 heterocycles. The number of rotatable bonds is 6. The highest BCUT2D eigenvalue weighted by atomic mass is 15.1. The van der Waals surface area contributed by atoms with Crippen molar-refractivity contribution in [1.29, 1.82) is 0 Å². The number of hydrogen-bond donors (Lipinski definition) is 0. The standard InChI is InChI=1S/C44H31N/c1-5-16-33(17-6-1)42-39-24-13-14-25-40(39)44-38(26-15-27-41(44)43(42)34-18-7-2-8-19-34)32-28-30-37(31-29-32)45(35-20-9-3-10-21-35)36-22-11-4-12-23-36/h1-31H. The molecule has 8 aromatic carbocycles. The summed E-state index contributed by atoms with van der Waals surface area (Å²) in [4.78, 5) is 2.31. The van der Waals surface area contributed by atoms with Gasteiger partial charge in [0.25, 0.3) is 0 Å². The molecule has 0 bridgehead atoms. The average Bonchev–Trinajstić information content (AvgIpc) is 3.13. The van der Waals surface area contributed by atoms with Crippen molar-refractivity contribution < 1.29 is 0 Å². The second-order valence-corrected chi connectivity index (χ2v) is 11.3. The van der Waals surface area contributed by atoms with Crippen LogP contribution in [0.4, 0.5) is 17.1 Å². The van der Waals surface area contributed by atoms with Crippen LogP contribution in [-0.4, -0.2) is 0 Å². The number of fused-ring (bicyclic) bond motifs is 3. The van der Waals surface area contributed by atoms with E-state index in [9.17, 15) is 0 Å². The first-order chi connectivity index (χ1) is 22.4. The van der Waals surface area contributed by atoms with Gasteiger partial charge in [0.15, 0.2) is 0 Å². The summed E-state index contributed by atoms with van der Waals surface area (Å²) in [6.07, 6.45) is 0. The van der Waals surface area contributed by atoms with Gasteiger partial charge >= 0.3 is 0 Å². The molecule has 0 fully saturated rings. The summed E-state index contributed by atoms with van der Waals surface area (Å²) >= 11 is 0. The zero-order chi connectivity index (χ0) is 30.0. The molecular formula is C44H31N. The highest BCUT2D eigenvalue weighted by molar-refractivity contribution is 6.25. The van der Waals surface area contributed by atoms with Crippen molar-refractivity contribution in [2.45, 2.75) is 0 Å². The van der Waals surface area contributed by atoms with E-state index in [0.29, 0.717) is 0 Å². The van der Waals surface area contributed by atoms with Crippen molar-refractivity contribution >= 4 is 38.6 Å². The van der Waals surface area contributed by atoms with Gasteiger partial charge in [0.1, 0.15) is 0 Å². The van der Waals surface area contributed by atoms with E-state index in [1.54, 1.807) is 0 Å². The number of hydrogen-bond acceptors (Lipinski definition) is 1. The molecule has 45 heavy (non-hydrogen) atoms. The van der Waals surface area contributed by atoms with Crippen LogP contribution >= 0.6 is 0 Å². The maximum absolute atomic E-state index is 2.31. The lowest BCUT2D eigenvalue weighted by Crippen LogP contribution is -2.09. The molecule has 0 aliphatic carbocycles. The number of nitrogens with zero attached hydrogens (tertiary/aromatic N) is 1. The predicted molar refractivity (Wildman–Crippen MR) is 192 cm³/mol. The Balaban J connectivity index is 1.36. The van der Waals surface area contributed by atoms with E-state index in [1.807, 2.05) is 0 Å². The Morgan fingerprint density at radius 2 is 0.689 bits per heavy atom. The lowest BCUT2D eigenvalue weighted by Gasteiger charge is -2.25. The molecule has 0 unspecified atom stereocenters. The second kappa shape index (κ2) is 11.6. The zero-order valence-electron chi connectivity index (χ0n) is 24.8. The molecule has 0 spiro atoms. The summed E-state index contributed by atoms with van der Waals surface area (Å²) in [5.41, 5.74) is 10.8. The molecule has 0 aliphatic rings. The van der Waals surface area contributed by atoms with Crippen molar-refractivity contribution in [2.75, 3.05) is 4.90 Å². The van der Waals surface area contributed by atoms with Gasteiger partial charge in [-0.05, 0) is 91.3 Å². The van der Waals surface area contributed by atoms with E-state index < -0.39 is 0 Å². The summed E-state index contributed by atoms with van der Waals surface area (Å²) in [5.74, 6) is 0. The molecular weight excluding hydrogens is 542 g/mol. The lowest BCUT2D eigenvalue weighted by atomic mass is 9.83. The van der Waals surface area contributed by atoms with Gasteiger partial charge in [0, 0.05) is 17.1 Å². The van der Waals surface area contributed by atoms with Crippen LogP contribution in [0.3, 0.4) is 0 Å². The minimum atomic E-state index is 1.12. The molecule has 1 heteroatoms. The van der Waals surface area contributed by atoms with E-state index in [4.69, 9.17) is 0 Å². The Hall–Kier alpha value is -5.92. The summed E-state index contributed by atoms with van der Waals surface area (Å²) in [7, 11) is 0. The van der Waals surface area contributed by atoms with Crippen LogP contribution in [0.1, 0.15) is 0 Å². The largest absolute Gasteiger partial charge is 0.311 e. The van der Waals surface area contributed by atoms with Crippen molar-refractivity contribution in [3.05, 3.63) is 188 Å². The first kappa shape index (κ1) is 26.7. The third kappa shape index (κ3) is 4.85. The first-order valence-corrected chi connectivity index (χ1v) is 15.5. The minimum absolute atomic E-state index is 1.12. The van der Waals surface area contributed by atoms with E-state index in [-0.39, 0.29) is 0 Å².